The van der Waals surface area contributed by atoms with E-state index in [0.29, 0.717) is 11.5 Å². The fourth-order valence-electron chi connectivity index (χ4n) is 2.78. The molecule has 0 unspecified atom stereocenters. The minimum Gasteiger partial charge on any atom is -0.478 e. The van der Waals surface area contributed by atoms with Gasteiger partial charge < -0.3 is 5.11 Å². The van der Waals surface area contributed by atoms with E-state index in [1.165, 1.54) is 0 Å². The number of ketones is 1. The monoisotopic (exact) mass is 318 g/mol. The van der Waals surface area contributed by atoms with E-state index in [4.69, 9.17) is 0 Å². The lowest BCUT2D eigenvalue weighted by Crippen LogP contribution is -2.10. The lowest BCUT2D eigenvalue weighted by Gasteiger charge is -2.10. The third kappa shape index (κ3) is 2.93. The molecule has 3 aromatic rings. The molecule has 0 heterocycles. The predicted octanol–water partition coefficient (Wildman–Crippen LogP) is 4.89. The lowest BCUT2D eigenvalue weighted by atomic mass is 9.93. The molecule has 0 saturated heterocycles. The van der Waals surface area contributed by atoms with Gasteiger partial charge in [0.25, 0.3) is 0 Å². The van der Waals surface area contributed by atoms with E-state index in [1.54, 1.807) is 24.3 Å². The van der Waals surface area contributed by atoms with E-state index in [2.05, 4.69) is 13.8 Å². The van der Waals surface area contributed by atoms with Gasteiger partial charge in [0, 0.05) is 11.1 Å². The number of fused-ring (bicyclic) bond motifs is 1. The average molecular weight is 318 g/mol. The third-order valence-corrected chi connectivity index (χ3v) is 4.20. The van der Waals surface area contributed by atoms with Crippen LogP contribution >= 0.6 is 0 Å². The van der Waals surface area contributed by atoms with E-state index < -0.39 is 5.97 Å². The van der Waals surface area contributed by atoms with Crippen molar-refractivity contribution in [1.29, 1.82) is 0 Å². The van der Waals surface area contributed by atoms with Crippen molar-refractivity contribution >= 4 is 22.5 Å². The summed E-state index contributed by atoms with van der Waals surface area (Å²) in [5, 5.41) is 11.1. The van der Waals surface area contributed by atoms with Crippen LogP contribution in [0.4, 0.5) is 0 Å². The Balaban J connectivity index is 2.11. The zero-order valence-electron chi connectivity index (χ0n) is 13.6. The summed E-state index contributed by atoms with van der Waals surface area (Å²) in [7, 11) is 0. The van der Waals surface area contributed by atoms with Crippen LogP contribution in [0.2, 0.25) is 0 Å². The Labute approximate surface area is 140 Å². The van der Waals surface area contributed by atoms with Gasteiger partial charge >= 0.3 is 5.97 Å². The van der Waals surface area contributed by atoms with Crippen LogP contribution in [-0.4, -0.2) is 16.9 Å². The van der Waals surface area contributed by atoms with Crippen molar-refractivity contribution in [3.05, 3.63) is 82.9 Å². The number of benzene rings is 3. The van der Waals surface area contributed by atoms with Crippen molar-refractivity contribution in [2.24, 2.45) is 0 Å². The van der Waals surface area contributed by atoms with Gasteiger partial charge in [-0.3, -0.25) is 4.79 Å². The van der Waals surface area contributed by atoms with Gasteiger partial charge in [-0.15, -0.1) is 0 Å². The minimum absolute atomic E-state index is 0.0339. The van der Waals surface area contributed by atoms with Gasteiger partial charge in [-0.05, 0) is 34.4 Å². The molecule has 0 aliphatic rings. The first kappa shape index (κ1) is 15.9. The van der Waals surface area contributed by atoms with Crippen LogP contribution in [0.3, 0.4) is 0 Å². The Hall–Kier alpha value is -2.94. The molecule has 0 fully saturated rings. The van der Waals surface area contributed by atoms with Gasteiger partial charge in [0.05, 0.1) is 5.56 Å². The van der Waals surface area contributed by atoms with Crippen molar-refractivity contribution in [1.82, 2.24) is 0 Å². The topological polar surface area (TPSA) is 54.4 Å². The SMILES string of the molecule is CC(C)c1ccc(C(=O)c2cc3ccccc3cc2C(=O)O)cc1. The molecule has 24 heavy (non-hydrogen) atoms. The second-order valence-electron chi connectivity index (χ2n) is 6.16. The van der Waals surface area contributed by atoms with Crippen LogP contribution in [0.25, 0.3) is 10.8 Å². The molecule has 0 aromatic heterocycles. The van der Waals surface area contributed by atoms with Crippen LogP contribution in [0.1, 0.15) is 51.6 Å². The molecule has 3 aromatic carbocycles. The van der Waals surface area contributed by atoms with Gasteiger partial charge in [0.15, 0.2) is 5.78 Å². The number of hydrogen-bond donors (Lipinski definition) is 1. The van der Waals surface area contributed by atoms with Crippen molar-refractivity contribution < 1.29 is 14.7 Å². The first-order chi connectivity index (χ1) is 11.5. The molecule has 3 rings (SSSR count). The van der Waals surface area contributed by atoms with Crippen LogP contribution in [-0.2, 0) is 0 Å². The fraction of sp³-hybridized carbons (Fsp3) is 0.143. The predicted molar refractivity (Wildman–Crippen MR) is 94.9 cm³/mol. The van der Waals surface area contributed by atoms with Crippen molar-refractivity contribution in [3.63, 3.8) is 0 Å². The number of aromatic carboxylic acids is 1. The molecule has 3 heteroatoms. The lowest BCUT2D eigenvalue weighted by molar-refractivity contribution is 0.0693. The summed E-state index contributed by atoms with van der Waals surface area (Å²) in [4.78, 5) is 24.4. The van der Waals surface area contributed by atoms with Crippen molar-refractivity contribution in [3.8, 4) is 0 Å². The standard InChI is InChI=1S/C21H18O3/c1-13(2)14-7-9-15(10-8-14)20(22)18-11-16-5-3-4-6-17(16)12-19(18)21(23)24/h3-13H,1-2H3,(H,23,24). The molecule has 120 valence electrons. The van der Waals surface area contributed by atoms with E-state index in [0.717, 1.165) is 16.3 Å². The van der Waals surface area contributed by atoms with Gasteiger partial charge in [0.2, 0.25) is 0 Å². The van der Waals surface area contributed by atoms with Gasteiger partial charge in [0.1, 0.15) is 0 Å². The first-order valence-electron chi connectivity index (χ1n) is 7.88. The highest BCUT2D eigenvalue weighted by Crippen LogP contribution is 2.24. The number of carboxylic acids is 1. The van der Waals surface area contributed by atoms with E-state index >= 15 is 0 Å². The molecule has 0 bridgehead atoms. The Morgan fingerprint density at radius 3 is 1.88 bits per heavy atom. The Kier molecular flexibility index (Phi) is 4.17. The number of carboxylic acid groups (broad SMARTS) is 1. The molecule has 3 nitrogen and oxygen atoms in total. The molecular formula is C21H18O3. The first-order valence-corrected chi connectivity index (χ1v) is 7.88. The van der Waals surface area contributed by atoms with Crippen LogP contribution in [0, 0.1) is 0 Å². The van der Waals surface area contributed by atoms with Gasteiger partial charge in [-0.1, -0.05) is 62.4 Å². The molecule has 0 spiro atoms. The Morgan fingerprint density at radius 1 is 0.833 bits per heavy atom. The molecule has 0 saturated carbocycles. The zero-order chi connectivity index (χ0) is 17.3. The summed E-state index contributed by atoms with van der Waals surface area (Å²) in [6, 6.07) is 18.0. The summed E-state index contributed by atoms with van der Waals surface area (Å²) in [5.41, 5.74) is 1.89. The summed E-state index contributed by atoms with van der Waals surface area (Å²) < 4.78 is 0. The summed E-state index contributed by atoms with van der Waals surface area (Å²) >= 11 is 0. The van der Waals surface area contributed by atoms with E-state index in [1.807, 2.05) is 36.4 Å². The van der Waals surface area contributed by atoms with Crippen LogP contribution in [0.5, 0.6) is 0 Å². The Bertz CT molecular complexity index is 921. The molecule has 0 amide bonds. The van der Waals surface area contributed by atoms with Gasteiger partial charge in [-0.2, -0.15) is 0 Å². The zero-order valence-corrected chi connectivity index (χ0v) is 13.6. The summed E-state index contributed by atoms with van der Waals surface area (Å²) in [6.07, 6.45) is 0. The smallest absolute Gasteiger partial charge is 0.336 e. The van der Waals surface area contributed by atoms with E-state index in [-0.39, 0.29) is 16.9 Å². The maximum atomic E-state index is 12.8. The summed E-state index contributed by atoms with van der Waals surface area (Å²) in [5.74, 6) is -0.985. The number of hydrogen-bond acceptors (Lipinski definition) is 2. The second-order valence-corrected chi connectivity index (χ2v) is 6.16. The van der Waals surface area contributed by atoms with Crippen LogP contribution in [0.15, 0.2) is 60.7 Å². The van der Waals surface area contributed by atoms with Crippen LogP contribution < -0.4 is 0 Å². The average Bonchev–Trinajstić information content (AvgIpc) is 2.60. The number of carbonyl (C=O) groups is 2. The third-order valence-electron chi connectivity index (χ3n) is 4.20. The molecule has 0 aliphatic heterocycles. The van der Waals surface area contributed by atoms with Crippen molar-refractivity contribution in [2.75, 3.05) is 0 Å². The molecule has 1 N–H and O–H groups in total. The second kappa shape index (κ2) is 6.28. The molecular weight excluding hydrogens is 300 g/mol. The fourth-order valence-corrected chi connectivity index (χ4v) is 2.78. The molecule has 0 aliphatic carbocycles. The maximum Gasteiger partial charge on any atom is 0.336 e. The van der Waals surface area contributed by atoms with Crippen molar-refractivity contribution in [2.45, 2.75) is 19.8 Å². The minimum atomic E-state index is -1.09. The van der Waals surface area contributed by atoms with Gasteiger partial charge in [-0.25, -0.2) is 4.79 Å². The molecule has 0 atom stereocenters. The molecule has 0 radical (unpaired) electrons. The highest BCUT2D eigenvalue weighted by Gasteiger charge is 2.19. The highest BCUT2D eigenvalue weighted by atomic mass is 16.4. The Morgan fingerprint density at radius 2 is 1.38 bits per heavy atom. The normalized spacial score (nSPS) is 11.0. The van der Waals surface area contributed by atoms with E-state index in [9.17, 15) is 14.7 Å². The summed E-state index contributed by atoms with van der Waals surface area (Å²) in [6.45, 7) is 4.17. The number of carbonyl (C=O) groups excluding carboxylic acids is 1. The highest BCUT2D eigenvalue weighted by molar-refractivity contribution is 6.16. The number of rotatable bonds is 4. The quantitative estimate of drug-likeness (QED) is 0.697. The maximum absolute atomic E-state index is 12.8. The largest absolute Gasteiger partial charge is 0.478 e.